The van der Waals surface area contributed by atoms with Crippen molar-refractivity contribution in [3.05, 3.63) is 101 Å². The lowest BCUT2D eigenvalue weighted by Gasteiger charge is -2.14. The van der Waals surface area contributed by atoms with Crippen LogP contribution in [-0.2, 0) is 27.1 Å². The lowest BCUT2D eigenvalue weighted by atomic mass is 10.0. The smallest absolute Gasteiger partial charge is 0.335 e. The lowest BCUT2D eigenvalue weighted by Crippen LogP contribution is -2.27. The number of methoxy groups -OCH3 is 1. The number of rotatable bonds is 11. The van der Waals surface area contributed by atoms with E-state index in [1.54, 1.807) is 19.1 Å². The fourth-order valence-corrected chi connectivity index (χ4v) is 3.30. The third-order valence-electron chi connectivity index (χ3n) is 5.09. The minimum Gasteiger partial charge on any atom is -0.493 e. The highest BCUT2D eigenvalue weighted by Crippen LogP contribution is 2.16. The molecule has 0 saturated carbocycles. The summed E-state index contributed by atoms with van der Waals surface area (Å²) in [6.45, 7) is 2.64. The van der Waals surface area contributed by atoms with Crippen LogP contribution in [0.1, 0.15) is 34.0 Å². The van der Waals surface area contributed by atoms with Crippen molar-refractivity contribution >= 4 is 11.8 Å². The fourth-order valence-electron chi connectivity index (χ4n) is 3.30. The van der Waals surface area contributed by atoms with Crippen molar-refractivity contribution in [2.24, 2.45) is 0 Å². The average molecular weight is 433 g/mol. The molecule has 0 radical (unpaired) electrons. The van der Waals surface area contributed by atoms with Crippen molar-refractivity contribution in [1.82, 2.24) is 0 Å². The van der Waals surface area contributed by atoms with Gasteiger partial charge in [-0.05, 0) is 42.3 Å². The minimum absolute atomic E-state index is 0.00379. The molecule has 5 nitrogen and oxygen atoms in total. The molecule has 0 aromatic heterocycles. The van der Waals surface area contributed by atoms with Gasteiger partial charge in [0.1, 0.15) is 5.75 Å². The molecule has 0 unspecified atom stereocenters. The number of benzene rings is 3. The summed E-state index contributed by atoms with van der Waals surface area (Å²) in [7, 11) is 1.51. The third kappa shape index (κ3) is 6.53. The van der Waals surface area contributed by atoms with Crippen molar-refractivity contribution in [2.75, 3.05) is 20.3 Å². The van der Waals surface area contributed by atoms with Gasteiger partial charge in [-0.15, -0.1) is 0 Å². The lowest BCUT2D eigenvalue weighted by molar-refractivity contribution is -0.154. The van der Waals surface area contributed by atoms with Crippen LogP contribution < -0.4 is 4.74 Å². The van der Waals surface area contributed by atoms with E-state index in [0.717, 1.165) is 23.3 Å². The number of carbonyl (C=O) groups is 2. The van der Waals surface area contributed by atoms with Crippen LogP contribution in [0, 0.1) is 0 Å². The van der Waals surface area contributed by atoms with Gasteiger partial charge in [-0.25, -0.2) is 4.79 Å². The summed E-state index contributed by atoms with van der Waals surface area (Å²) in [5.74, 6) is 0.378. The largest absolute Gasteiger partial charge is 0.493 e. The summed E-state index contributed by atoms with van der Waals surface area (Å²) in [4.78, 5) is 24.3. The van der Waals surface area contributed by atoms with Gasteiger partial charge in [0.05, 0.1) is 13.2 Å². The maximum absolute atomic E-state index is 12.5. The van der Waals surface area contributed by atoms with Gasteiger partial charge < -0.3 is 14.2 Å². The Morgan fingerprint density at radius 1 is 0.812 bits per heavy atom. The molecule has 0 fully saturated rings. The van der Waals surface area contributed by atoms with Gasteiger partial charge in [0.25, 0.3) is 0 Å². The van der Waals surface area contributed by atoms with Gasteiger partial charge in [0, 0.05) is 31.1 Å². The molecule has 0 aliphatic heterocycles. The Kier molecular flexibility index (Phi) is 8.58. The first-order valence-electron chi connectivity index (χ1n) is 10.7. The first-order valence-corrected chi connectivity index (χ1v) is 10.7. The number of esters is 1. The molecule has 32 heavy (non-hydrogen) atoms. The van der Waals surface area contributed by atoms with Crippen LogP contribution in [-0.4, -0.2) is 38.2 Å². The maximum atomic E-state index is 12.5. The predicted octanol–water partition coefficient (Wildman–Crippen LogP) is 4.66. The Hall–Kier alpha value is -3.44. The molecule has 0 amide bonds. The minimum atomic E-state index is -0.596. The Labute approximate surface area is 188 Å². The second-order valence-electron chi connectivity index (χ2n) is 7.32. The number of ketones is 1. The molecule has 1 atom stereocenters. The summed E-state index contributed by atoms with van der Waals surface area (Å²) in [6, 6.07) is 24.5. The SMILES string of the molecule is CCOC(=O)[C@H](Cc1ccc(CCOc2ccc(C(=O)c3ccccc3)cc2)cc1)OC. The van der Waals surface area contributed by atoms with Crippen LogP contribution in [0.2, 0.25) is 0 Å². The molecular formula is C27H28O5. The number of carbonyl (C=O) groups excluding carboxylic acids is 2. The summed E-state index contributed by atoms with van der Waals surface area (Å²) < 4.78 is 16.1. The van der Waals surface area contributed by atoms with Gasteiger partial charge in [-0.2, -0.15) is 0 Å². The molecule has 3 aromatic rings. The first kappa shape index (κ1) is 23.2. The highest BCUT2D eigenvalue weighted by Gasteiger charge is 2.19. The predicted molar refractivity (Wildman–Crippen MR) is 123 cm³/mol. The van der Waals surface area contributed by atoms with E-state index in [1.165, 1.54) is 7.11 Å². The van der Waals surface area contributed by atoms with E-state index in [4.69, 9.17) is 14.2 Å². The van der Waals surface area contributed by atoms with Crippen LogP contribution in [0.15, 0.2) is 78.9 Å². The van der Waals surface area contributed by atoms with Gasteiger partial charge in [0.15, 0.2) is 11.9 Å². The molecule has 3 rings (SSSR count). The number of hydrogen-bond acceptors (Lipinski definition) is 5. The molecule has 0 aliphatic carbocycles. The quantitative estimate of drug-likeness (QED) is 0.326. The zero-order valence-corrected chi connectivity index (χ0v) is 18.5. The summed E-state index contributed by atoms with van der Waals surface area (Å²) in [6.07, 6.45) is 0.623. The van der Waals surface area contributed by atoms with Crippen LogP contribution in [0.3, 0.4) is 0 Å². The van der Waals surface area contributed by atoms with Crippen molar-refractivity contribution in [3.63, 3.8) is 0 Å². The van der Waals surface area contributed by atoms with E-state index in [1.807, 2.05) is 66.7 Å². The van der Waals surface area contributed by atoms with Crippen molar-refractivity contribution in [2.45, 2.75) is 25.9 Å². The molecule has 166 valence electrons. The van der Waals surface area contributed by atoms with E-state index in [0.29, 0.717) is 30.8 Å². The molecule has 0 aliphatic rings. The normalized spacial score (nSPS) is 11.6. The number of hydrogen-bond donors (Lipinski definition) is 0. The van der Waals surface area contributed by atoms with E-state index >= 15 is 0 Å². The van der Waals surface area contributed by atoms with Gasteiger partial charge in [0.2, 0.25) is 0 Å². The van der Waals surface area contributed by atoms with Crippen LogP contribution >= 0.6 is 0 Å². The van der Waals surface area contributed by atoms with E-state index in [2.05, 4.69) is 0 Å². The standard InChI is InChI=1S/C27H28O5/c1-3-31-27(29)25(30-2)19-21-11-9-20(10-12-21)17-18-32-24-15-13-23(14-16-24)26(28)22-7-5-4-6-8-22/h4-16,25H,3,17-19H2,1-2H3/t25-/m0/s1. The summed E-state index contributed by atoms with van der Waals surface area (Å²) in [5.41, 5.74) is 3.45. The Bertz CT molecular complexity index is 994. The molecule has 0 bridgehead atoms. The second kappa shape index (κ2) is 11.8. The monoisotopic (exact) mass is 432 g/mol. The van der Waals surface area contributed by atoms with Crippen LogP contribution in [0.25, 0.3) is 0 Å². The van der Waals surface area contributed by atoms with E-state index in [-0.39, 0.29) is 11.8 Å². The van der Waals surface area contributed by atoms with Gasteiger partial charge in [-0.3, -0.25) is 4.79 Å². The number of ether oxygens (including phenoxy) is 3. The average Bonchev–Trinajstić information content (AvgIpc) is 2.84. The Morgan fingerprint density at radius 3 is 2.06 bits per heavy atom. The molecule has 0 saturated heterocycles. The zero-order valence-electron chi connectivity index (χ0n) is 18.5. The Balaban J connectivity index is 1.48. The highest BCUT2D eigenvalue weighted by atomic mass is 16.6. The molecule has 3 aromatic carbocycles. The molecule has 0 heterocycles. The molecule has 5 heteroatoms. The maximum Gasteiger partial charge on any atom is 0.335 e. The second-order valence-corrected chi connectivity index (χ2v) is 7.32. The zero-order chi connectivity index (χ0) is 22.8. The van der Waals surface area contributed by atoms with Crippen molar-refractivity contribution < 1.29 is 23.8 Å². The fraction of sp³-hybridized carbons (Fsp3) is 0.259. The van der Waals surface area contributed by atoms with Crippen molar-refractivity contribution in [3.8, 4) is 5.75 Å². The van der Waals surface area contributed by atoms with E-state index < -0.39 is 6.10 Å². The summed E-state index contributed by atoms with van der Waals surface area (Å²) in [5, 5.41) is 0. The molecule has 0 spiro atoms. The van der Waals surface area contributed by atoms with E-state index in [9.17, 15) is 9.59 Å². The van der Waals surface area contributed by atoms with Gasteiger partial charge >= 0.3 is 5.97 Å². The molecular weight excluding hydrogens is 404 g/mol. The van der Waals surface area contributed by atoms with Crippen molar-refractivity contribution in [1.29, 1.82) is 0 Å². The molecule has 0 N–H and O–H groups in total. The first-order chi connectivity index (χ1) is 15.6. The van der Waals surface area contributed by atoms with Crippen LogP contribution in [0.5, 0.6) is 5.75 Å². The highest BCUT2D eigenvalue weighted by molar-refractivity contribution is 6.08. The third-order valence-corrected chi connectivity index (χ3v) is 5.09. The summed E-state index contributed by atoms with van der Waals surface area (Å²) >= 11 is 0. The van der Waals surface area contributed by atoms with Crippen LogP contribution in [0.4, 0.5) is 0 Å². The topological polar surface area (TPSA) is 61.8 Å². The van der Waals surface area contributed by atoms with Gasteiger partial charge in [-0.1, -0.05) is 54.6 Å². The Morgan fingerprint density at radius 2 is 1.44 bits per heavy atom.